The van der Waals surface area contributed by atoms with Crippen molar-refractivity contribution in [2.75, 3.05) is 46.5 Å². The van der Waals surface area contributed by atoms with E-state index in [4.69, 9.17) is 14.5 Å². The third kappa shape index (κ3) is 5.23. The summed E-state index contributed by atoms with van der Waals surface area (Å²) >= 11 is 0. The number of halogens is 1. The normalized spacial score (nSPS) is 22.8. The SMILES string of the molecule is CCNC(=NCC1CCOc2ccccc21)N1CCC(COC)C1.I. The lowest BCUT2D eigenvalue weighted by atomic mass is 9.93. The van der Waals surface area contributed by atoms with Crippen LogP contribution in [0.1, 0.15) is 31.2 Å². The van der Waals surface area contributed by atoms with Crippen LogP contribution in [0.3, 0.4) is 0 Å². The number of nitrogens with one attached hydrogen (secondary N) is 1. The van der Waals surface area contributed by atoms with Crippen molar-refractivity contribution in [2.45, 2.75) is 25.7 Å². The van der Waals surface area contributed by atoms with Crippen molar-refractivity contribution < 1.29 is 9.47 Å². The Morgan fingerprint density at radius 2 is 2.20 bits per heavy atom. The average molecular weight is 459 g/mol. The van der Waals surface area contributed by atoms with Gasteiger partial charge in [-0.15, -0.1) is 24.0 Å². The summed E-state index contributed by atoms with van der Waals surface area (Å²) in [5.41, 5.74) is 1.29. The summed E-state index contributed by atoms with van der Waals surface area (Å²) in [6.45, 7) is 7.55. The molecule has 25 heavy (non-hydrogen) atoms. The van der Waals surface area contributed by atoms with E-state index in [9.17, 15) is 0 Å². The Labute approximate surface area is 168 Å². The Bertz CT molecular complexity index is 567. The Morgan fingerprint density at radius 3 is 3.00 bits per heavy atom. The predicted octanol–water partition coefficient (Wildman–Crippen LogP) is 3.10. The number of hydrogen-bond acceptors (Lipinski definition) is 3. The molecule has 1 fully saturated rings. The van der Waals surface area contributed by atoms with Crippen LogP contribution in [0.5, 0.6) is 5.75 Å². The Morgan fingerprint density at radius 1 is 1.36 bits per heavy atom. The highest BCUT2D eigenvalue weighted by molar-refractivity contribution is 14.0. The molecule has 2 atom stereocenters. The monoisotopic (exact) mass is 459 g/mol. The standard InChI is InChI=1S/C19H29N3O2.HI/c1-3-20-19(22-10-8-15(13-22)14-23-2)21-12-16-9-11-24-18-7-5-4-6-17(16)18;/h4-7,15-16H,3,8-14H2,1-2H3,(H,20,21);1H. The fraction of sp³-hybridized carbons (Fsp3) is 0.632. The molecule has 1 aromatic carbocycles. The molecule has 140 valence electrons. The first-order valence-corrected chi connectivity index (χ1v) is 9.05. The van der Waals surface area contributed by atoms with Crippen LogP contribution in [0, 0.1) is 5.92 Å². The van der Waals surface area contributed by atoms with Crippen molar-refractivity contribution in [3.8, 4) is 5.75 Å². The number of hydrogen-bond donors (Lipinski definition) is 1. The van der Waals surface area contributed by atoms with Gasteiger partial charge in [-0.3, -0.25) is 4.99 Å². The number of nitrogens with zero attached hydrogens (tertiary/aromatic N) is 2. The van der Waals surface area contributed by atoms with Crippen molar-refractivity contribution in [3.63, 3.8) is 0 Å². The molecule has 0 aliphatic carbocycles. The number of rotatable bonds is 5. The number of benzene rings is 1. The molecule has 3 rings (SSSR count). The summed E-state index contributed by atoms with van der Waals surface area (Å²) in [6.07, 6.45) is 2.21. The summed E-state index contributed by atoms with van der Waals surface area (Å²) in [5, 5.41) is 3.45. The fourth-order valence-electron chi connectivity index (χ4n) is 3.62. The number of methoxy groups -OCH3 is 1. The largest absolute Gasteiger partial charge is 0.493 e. The molecule has 2 aliphatic heterocycles. The minimum absolute atomic E-state index is 0. The van der Waals surface area contributed by atoms with Gasteiger partial charge in [0, 0.05) is 45.1 Å². The van der Waals surface area contributed by atoms with Crippen LogP contribution in [0.4, 0.5) is 0 Å². The van der Waals surface area contributed by atoms with Gasteiger partial charge < -0.3 is 19.7 Å². The van der Waals surface area contributed by atoms with Gasteiger partial charge in [-0.1, -0.05) is 18.2 Å². The number of likely N-dealkylation sites (tertiary alicyclic amines) is 1. The number of guanidine groups is 1. The van der Waals surface area contributed by atoms with Gasteiger partial charge in [0.25, 0.3) is 0 Å². The maximum atomic E-state index is 5.76. The quantitative estimate of drug-likeness (QED) is 0.418. The second kappa shape index (κ2) is 10.2. The van der Waals surface area contributed by atoms with Gasteiger partial charge in [-0.25, -0.2) is 0 Å². The van der Waals surface area contributed by atoms with E-state index in [0.29, 0.717) is 11.8 Å². The third-order valence-electron chi connectivity index (χ3n) is 4.87. The zero-order valence-electron chi connectivity index (χ0n) is 15.2. The fourth-order valence-corrected chi connectivity index (χ4v) is 3.62. The third-order valence-corrected chi connectivity index (χ3v) is 4.87. The zero-order chi connectivity index (χ0) is 16.8. The molecule has 2 heterocycles. The van der Waals surface area contributed by atoms with Crippen molar-refractivity contribution in [1.82, 2.24) is 10.2 Å². The van der Waals surface area contributed by atoms with Gasteiger partial charge in [0.1, 0.15) is 5.75 Å². The topological polar surface area (TPSA) is 46.1 Å². The maximum absolute atomic E-state index is 5.76. The molecule has 2 aliphatic rings. The molecule has 0 radical (unpaired) electrons. The van der Waals surface area contributed by atoms with E-state index >= 15 is 0 Å². The molecule has 0 saturated carbocycles. The van der Waals surface area contributed by atoms with Crippen LogP contribution in [-0.4, -0.2) is 57.4 Å². The van der Waals surface area contributed by atoms with Crippen LogP contribution in [0.2, 0.25) is 0 Å². The minimum Gasteiger partial charge on any atom is -0.493 e. The average Bonchev–Trinajstić information content (AvgIpc) is 3.07. The van der Waals surface area contributed by atoms with Crippen LogP contribution in [0.25, 0.3) is 0 Å². The second-order valence-electron chi connectivity index (χ2n) is 6.62. The molecule has 2 unspecified atom stereocenters. The molecule has 1 saturated heterocycles. The number of fused-ring (bicyclic) bond motifs is 1. The van der Waals surface area contributed by atoms with Crippen LogP contribution < -0.4 is 10.1 Å². The van der Waals surface area contributed by atoms with Crippen LogP contribution in [0.15, 0.2) is 29.3 Å². The lowest BCUT2D eigenvalue weighted by molar-refractivity contribution is 0.157. The molecule has 5 nitrogen and oxygen atoms in total. The summed E-state index contributed by atoms with van der Waals surface area (Å²) < 4.78 is 11.1. The van der Waals surface area contributed by atoms with E-state index in [1.165, 1.54) is 12.0 Å². The molecule has 1 aromatic rings. The van der Waals surface area contributed by atoms with E-state index in [1.54, 1.807) is 7.11 Å². The van der Waals surface area contributed by atoms with E-state index in [0.717, 1.165) is 57.5 Å². The highest BCUT2D eigenvalue weighted by atomic mass is 127. The minimum atomic E-state index is 0. The summed E-state index contributed by atoms with van der Waals surface area (Å²) in [4.78, 5) is 7.32. The van der Waals surface area contributed by atoms with Crippen LogP contribution in [-0.2, 0) is 4.74 Å². The summed E-state index contributed by atoms with van der Waals surface area (Å²) in [5.74, 6) is 3.12. The molecule has 0 amide bonds. The molecule has 1 N–H and O–H groups in total. The van der Waals surface area contributed by atoms with E-state index in [1.807, 2.05) is 6.07 Å². The Balaban J connectivity index is 0.00000225. The van der Waals surface area contributed by atoms with Gasteiger partial charge in [0.05, 0.1) is 13.2 Å². The molecule has 0 aromatic heterocycles. The van der Waals surface area contributed by atoms with Crippen molar-refractivity contribution >= 4 is 29.9 Å². The smallest absolute Gasteiger partial charge is 0.193 e. The molecule has 0 spiro atoms. The van der Waals surface area contributed by atoms with E-state index in [-0.39, 0.29) is 24.0 Å². The highest BCUT2D eigenvalue weighted by Gasteiger charge is 2.26. The predicted molar refractivity (Wildman–Crippen MR) is 112 cm³/mol. The number of para-hydroxylation sites is 1. The first-order valence-electron chi connectivity index (χ1n) is 9.05. The number of aliphatic imine (C=N–C) groups is 1. The first-order chi connectivity index (χ1) is 11.8. The first kappa shape index (κ1) is 20.3. The molecular formula is C19H30IN3O2. The lowest BCUT2D eigenvalue weighted by Crippen LogP contribution is -2.40. The lowest BCUT2D eigenvalue weighted by Gasteiger charge is -2.26. The Hall–Kier alpha value is -1.02. The highest BCUT2D eigenvalue weighted by Crippen LogP contribution is 2.33. The molecule has 6 heteroatoms. The van der Waals surface area contributed by atoms with E-state index in [2.05, 4.69) is 35.3 Å². The van der Waals surface area contributed by atoms with Gasteiger partial charge in [-0.05, 0) is 31.4 Å². The molecule has 0 bridgehead atoms. The van der Waals surface area contributed by atoms with E-state index < -0.39 is 0 Å². The van der Waals surface area contributed by atoms with Gasteiger partial charge in [-0.2, -0.15) is 0 Å². The Kier molecular flexibility index (Phi) is 8.29. The zero-order valence-corrected chi connectivity index (χ0v) is 17.6. The van der Waals surface area contributed by atoms with Gasteiger partial charge in [0.15, 0.2) is 5.96 Å². The number of ether oxygens (including phenoxy) is 2. The van der Waals surface area contributed by atoms with Crippen LogP contribution >= 0.6 is 24.0 Å². The summed E-state index contributed by atoms with van der Waals surface area (Å²) in [7, 11) is 1.78. The van der Waals surface area contributed by atoms with Gasteiger partial charge in [0.2, 0.25) is 0 Å². The summed E-state index contributed by atoms with van der Waals surface area (Å²) in [6, 6.07) is 8.36. The molecular weight excluding hydrogens is 429 g/mol. The second-order valence-corrected chi connectivity index (χ2v) is 6.62. The van der Waals surface area contributed by atoms with Crippen molar-refractivity contribution in [3.05, 3.63) is 29.8 Å². The maximum Gasteiger partial charge on any atom is 0.193 e. The van der Waals surface area contributed by atoms with Crippen molar-refractivity contribution in [2.24, 2.45) is 10.9 Å². The van der Waals surface area contributed by atoms with Gasteiger partial charge >= 0.3 is 0 Å². The van der Waals surface area contributed by atoms with Crippen molar-refractivity contribution in [1.29, 1.82) is 0 Å².